The Balaban J connectivity index is 2.56. The van der Waals surface area contributed by atoms with E-state index in [-0.39, 0.29) is 18.8 Å². The van der Waals surface area contributed by atoms with Gasteiger partial charge in [-0.25, -0.2) is 0 Å². The van der Waals surface area contributed by atoms with Gasteiger partial charge in [0.15, 0.2) is 11.6 Å². The highest BCUT2D eigenvalue weighted by Gasteiger charge is 2.28. The van der Waals surface area contributed by atoms with E-state index in [0.717, 1.165) is 6.42 Å². The molecule has 0 saturated carbocycles. The highest BCUT2D eigenvalue weighted by Crippen LogP contribution is 2.18. The number of Topliss-reactive ketones (excluding diaryl/α,β-unsaturated/α-hetero) is 1. The number of carbonyl (C=O) groups excluding carboxylic acids is 1. The van der Waals surface area contributed by atoms with Gasteiger partial charge < -0.3 is 14.2 Å². The maximum atomic E-state index is 11.3. The van der Waals surface area contributed by atoms with E-state index >= 15 is 0 Å². The minimum atomic E-state index is -0.773. The number of hydrogen-bond acceptors (Lipinski definition) is 4. The molecule has 1 saturated heterocycles. The van der Waals surface area contributed by atoms with Gasteiger partial charge in [0.05, 0.1) is 13.0 Å². The fourth-order valence-corrected chi connectivity index (χ4v) is 1.23. The zero-order valence-corrected chi connectivity index (χ0v) is 8.17. The lowest BCUT2D eigenvalue weighted by Gasteiger charge is -2.26. The van der Waals surface area contributed by atoms with Crippen molar-refractivity contribution in [1.29, 1.82) is 0 Å². The molecule has 0 amide bonds. The van der Waals surface area contributed by atoms with Crippen molar-refractivity contribution in [2.45, 2.75) is 25.6 Å². The molecule has 0 aliphatic carbocycles. The number of ketones is 1. The maximum absolute atomic E-state index is 11.3. The summed E-state index contributed by atoms with van der Waals surface area (Å²) in [5.74, 6) is -0.753. The van der Waals surface area contributed by atoms with Crippen LogP contribution < -0.4 is 0 Å². The van der Waals surface area contributed by atoms with Crippen molar-refractivity contribution in [3.63, 3.8) is 0 Å². The van der Waals surface area contributed by atoms with Gasteiger partial charge in [-0.2, -0.15) is 0 Å². The highest BCUT2D eigenvalue weighted by atomic mass is 16.7. The summed E-state index contributed by atoms with van der Waals surface area (Å²) in [6, 6.07) is 0. The van der Waals surface area contributed by atoms with Crippen molar-refractivity contribution in [2.24, 2.45) is 0 Å². The summed E-state index contributed by atoms with van der Waals surface area (Å²) in [4.78, 5) is 11.3. The van der Waals surface area contributed by atoms with Crippen LogP contribution in [0.5, 0.6) is 0 Å². The zero-order valence-electron chi connectivity index (χ0n) is 8.17. The van der Waals surface area contributed by atoms with Crippen molar-refractivity contribution in [3.8, 4) is 0 Å². The zero-order chi connectivity index (χ0) is 9.73. The Labute approximate surface area is 78.2 Å². The first-order valence-electron chi connectivity index (χ1n) is 4.45. The van der Waals surface area contributed by atoms with Crippen LogP contribution in [0, 0.1) is 0 Å². The Morgan fingerprint density at radius 2 is 2.23 bits per heavy atom. The topological polar surface area (TPSA) is 44.8 Å². The summed E-state index contributed by atoms with van der Waals surface area (Å²) in [6.07, 6.45) is 1.05. The molecule has 0 N–H and O–H groups in total. The Morgan fingerprint density at radius 1 is 1.46 bits per heavy atom. The minimum absolute atomic E-state index is 0.0197. The van der Waals surface area contributed by atoms with Crippen molar-refractivity contribution < 1.29 is 19.0 Å². The SMILES string of the molecule is COC1(C)CC(=O)COCCCO1. The third-order valence-corrected chi connectivity index (χ3v) is 2.05. The summed E-state index contributed by atoms with van der Waals surface area (Å²) in [5, 5.41) is 0. The number of hydrogen-bond donors (Lipinski definition) is 0. The molecule has 1 unspecified atom stereocenters. The average Bonchev–Trinajstić information content (AvgIpc) is 2.17. The van der Waals surface area contributed by atoms with Gasteiger partial charge in [0.25, 0.3) is 0 Å². The predicted octanol–water partition coefficient (Wildman–Crippen LogP) is 0.745. The normalized spacial score (nSPS) is 32.0. The summed E-state index contributed by atoms with van der Waals surface area (Å²) in [7, 11) is 1.55. The van der Waals surface area contributed by atoms with Gasteiger partial charge in [-0.15, -0.1) is 0 Å². The summed E-state index contributed by atoms with van der Waals surface area (Å²) >= 11 is 0. The van der Waals surface area contributed by atoms with Crippen LogP contribution in [0.15, 0.2) is 0 Å². The quantitative estimate of drug-likeness (QED) is 0.609. The van der Waals surface area contributed by atoms with Crippen LogP contribution in [0.25, 0.3) is 0 Å². The first kappa shape index (κ1) is 10.6. The van der Waals surface area contributed by atoms with Crippen molar-refractivity contribution in [2.75, 3.05) is 26.9 Å². The molecule has 4 heteroatoms. The first-order valence-corrected chi connectivity index (χ1v) is 4.45. The average molecular weight is 188 g/mol. The Bertz CT molecular complexity index is 180. The fraction of sp³-hybridized carbons (Fsp3) is 0.889. The summed E-state index contributed by atoms with van der Waals surface area (Å²) < 4.78 is 15.7. The molecule has 0 bridgehead atoms. The number of carbonyl (C=O) groups is 1. The molecule has 76 valence electrons. The summed E-state index contributed by atoms with van der Waals surface area (Å²) in [6.45, 7) is 3.09. The number of ether oxygens (including phenoxy) is 3. The first-order chi connectivity index (χ1) is 6.16. The van der Waals surface area contributed by atoms with Gasteiger partial charge in [-0.3, -0.25) is 4.79 Å². The molecule has 0 radical (unpaired) electrons. The molecule has 0 aromatic carbocycles. The van der Waals surface area contributed by atoms with E-state index in [9.17, 15) is 4.79 Å². The van der Waals surface area contributed by atoms with Crippen LogP contribution in [-0.4, -0.2) is 38.5 Å². The summed E-state index contributed by atoms with van der Waals surface area (Å²) in [5.41, 5.74) is 0. The minimum Gasteiger partial charge on any atom is -0.374 e. The second-order valence-corrected chi connectivity index (χ2v) is 3.31. The lowest BCUT2D eigenvalue weighted by molar-refractivity contribution is -0.212. The molecule has 13 heavy (non-hydrogen) atoms. The maximum Gasteiger partial charge on any atom is 0.172 e. The second-order valence-electron chi connectivity index (χ2n) is 3.31. The van der Waals surface area contributed by atoms with Gasteiger partial charge in [0.2, 0.25) is 0 Å². The van der Waals surface area contributed by atoms with Crippen LogP contribution >= 0.6 is 0 Å². The largest absolute Gasteiger partial charge is 0.374 e. The van der Waals surface area contributed by atoms with Crippen LogP contribution in [-0.2, 0) is 19.0 Å². The molecular weight excluding hydrogens is 172 g/mol. The lowest BCUT2D eigenvalue weighted by Crippen LogP contribution is -2.34. The van der Waals surface area contributed by atoms with Gasteiger partial charge in [0.1, 0.15) is 6.61 Å². The van der Waals surface area contributed by atoms with E-state index in [2.05, 4.69) is 0 Å². The van der Waals surface area contributed by atoms with E-state index in [1.807, 2.05) is 0 Å². The van der Waals surface area contributed by atoms with Crippen molar-refractivity contribution >= 4 is 5.78 Å². The van der Waals surface area contributed by atoms with Crippen LogP contribution in [0.3, 0.4) is 0 Å². The number of rotatable bonds is 1. The molecule has 1 aliphatic heterocycles. The van der Waals surface area contributed by atoms with E-state index in [0.29, 0.717) is 13.2 Å². The van der Waals surface area contributed by atoms with Crippen LogP contribution in [0.1, 0.15) is 19.8 Å². The van der Waals surface area contributed by atoms with Crippen LogP contribution in [0.4, 0.5) is 0 Å². The van der Waals surface area contributed by atoms with E-state index in [4.69, 9.17) is 14.2 Å². The Kier molecular flexibility index (Phi) is 3.84. The standard InChI is InChI=1S/C9H16O4/c1-9(11-2)6-8(10)7-12-4-3-5-13-9/h3-7H2,1-2H3. The third-order valence-electron chi connectivity index (χ3n) is 2.05. The molecule has 1 rings (SSSR count). The molecule has 1 aliphatic rings. The second kappa shape index (κ2) is 4.69. The molecular formula is C9H16O4. The van der Waals surface area contributed by atoms with Gasteiger partial charge in [-0.1, -0.05) is 0 Å². The Morgan fingerprint density at radius 3 is 2.92 bits per heavy atom. The lowest BCUT2D eigenvalue weighted by atomic mass is 10.1. The van der Waals surface area contributed by atoms with Crippen molar-refractivity contribution in [1.82, 2.24) is 0 Å². The van der Waals surface area contributed by atoms with Gasteiger partial charge in [-0.05, 0) is 13.3 Å². The molecule has 1 heterocycles. The van der Waals surface area contributed by atoms with E-state index < -0.39 is 5.79 Å². The highest BCUT2D eigenvalue weighted by molar-refractivity contribution is 5.80. The smallest absolute Gasteiger partial charge is 0.172 e. The molecule has 0 aromatic heterocycles. The van der Waals surface area contributed by atoms with Crippen LogP contribution in [0.2, 0.25) is 0 Å². The van der Waals surface area contributed by atoms with Crippen molar-refractivity contribution in [3.05, 3.63) is 0 Å². The molecule has 1 atom stereocenters. The Hall–Kier alpha value is -0.450. The third kappa shape index (κ3) is 3.42. The van der Waals surface area contributed by atoms with E-state index in [1.165, 1.54) is 0 Å². The molecule has 1 fully saturated rings. The van der Waals surface area contributed by atoms with Gasteiger partial charge in [0, 0.05) is 13.7 Å². The van der Waals surface area contributed by atoms with Gasteiger partial charge >= 0.3 is 0 Å². The predicted molar refractivity (Wildman–Crippen MR) is 46.4 cm³/mol. The number of methoxy groups -OCH3 is 1. The van der Waals surface area contributed by atoms with E-state index in [1.54, 1.807) is 14.0 Å². The molecule has 4 nitrogen and oxygen atoms in total. The molecule has 0 aromatic rings. The fourth-order valence-electron chi connectivity index (χ4n) is 1.23. The monoisotopic (exact) mass is 188 g/mol. The molecule has 0 spiro atoms.